The van der Waals surface area contributed by atoms with Crippen LogP contribution in [0.5, 0.6) is 0 Å². The Balaban J connectivity index is 2.83. The van der Waals surface area contributed by atoms with Gasteiger partial charge in [-0.3, -0.25) is 0 Å². The van der Waals surface area contributed by atoms with Crippen LogP contribution in [-0.2, 0) is 0 Å². The third-order valence-electron chi connectivity index (χ3n) is 0.787. The Morgan fingerprint density at radius 2 is 2.29 bits per heavy atom. The Morgan fingerprint density at radius 1 is 1.71 bits per heavy atom. The van der Waals surface area contributed by atoms with Crippen molar-refractivity contribution in [3.63, 3.8) is 0 Å². The zero-order chi connectivity index (χ0) is 5.70. The van der Waals surface area contributed by atoms with Crippen molar-refractivity contribution in [3.8, 4) is 0 Å². The second-order valence-corrected chi connectivity index (χ2v) is 4.36. The predicted octanol–water partition coefficient (Wildman–Crippen LogP) is 1.64. The zero-order valence-corrected chi connectivity index (χ0v) is 7.34. The van der Waals surface area contributed by atoms with Gasteiger partial charge in [-0.05, 0) is 0 Å². The molecule has 0 amide bonds. The molecule has 0 aliphatic carbocycles. The number of hydrogen-bond acceptors (Lipinski definition) is 1. The summed E-state index contributed by atoms with van der Waals surface area (Å²) in [6.45, 7) is 2.21. The summed E-state index contributed by atoms with van der Waals surface area (Å²) in [5, 5.41) is 0. The molecule has 0 spiro atoms. The van der Waals surface area contributed by atoms with Gasteiger partial charge in [-0.1, -0.05) is 0 Å². The molecule has 0 aromatic rings. The Hall–Kier alpha value is 0.869. The first-order chi connectivity index (χ1) is 3.31. The molecule has 0 aliphatic heterocycles. The number of rotatable bonds is 3. The molecular weight excluding hydrogens is 171 g/mol. The van der Waals surface area contributed by atoms with Crippen molar-refractivity contribution in [1.82, 2.24) is 0 Å². The summed E-state index contributed by atoms with van der Waals surface area (Å²) in [4.78, 5) is 0. The van der Waals surface area contributed by atoms with E-state index < -0.39 is 0 Å². The number of hydrogen-bond donors (Lipinski definition) is 0. The van der Waals surface area contributed by atoms with Crippen LogP contribution >= 0.6 is 11.8 Å². The molecule has 1 radical (unpaired) electrons. The minimum absolute atomic E-state index is 0.741. The second kappa shape index (κ2) is 5.02. The van der Waals surface area contributed by atoms with Crippen LogP contribution in [0.2, 0.25) is 0 Å². The van der Waals surface area contributed by atoms with Gasteiger partial charge in [-0.15, -0.1) is 0 Å². The van der Waals surface area contributed by atoms with Crippen molar-refractivity contribution >= 4 is 27.8 Å². The summed E-state index contributed by atoms with van der Waals surface area (Å²) in [7, 11) is 0. The fourth-order valence-corrected chi connectivity index (χ4v) is 1.32. The Morgan fingerprint density at radius 3 is 2.43 bits per heavy atom. The van der Waals surface area contributed by atoms with Crippen LogP contribution in [0, 0.1) is 0 Å². The van der Waals surface area contributed by atoms with Gasteiger partial charge < -0.3 is 0 Å². The first kappa shape index (κ1) is 7.87. The van der Waals surface area contributed by atoms with Crippen molar-refractivity contribution in [2.75, 3.05) is 6.26 Å². The van der Waals surface area contributed by atoms with Gasteiger partial charge in [-0.25, -0.2) is 0 Å². The molecule has 0 rings (SSSR count). The molecule has 0 bridgehead atoms. The zero-order valence-electron chi connectivity index (χ0n) is 4.81. The summed E-state index contributed by atoms with van der Waals surface area (Å²) in [6.07, 6.45) is 4.73. The Labute approximate surface area is 58.3 Å². The van der Waals surface area contributed by atoms with Crippen molar-refractivity contribution in [2.45, 2.75) is 23.9 Å². The molecule has 0 fully saturated rings. The minimum atomic E-state index is 0.741. The van der Waals surface area contributed by atoms with E-state index in [0.717, 1.165) is 4.15 Å². The van der Waals surface area contributed by atoms with Crippen molar-refractivity contribution in [3.05, 3.63) is 0 Å². The average molecular weight is 182 g/mol. The molecule has 0 nitrogen and oxygen atoms in total. The Bertz CT molecular complexity index is 39.1. The van der Waals surface area contributed by atoms with Gasteiger partial charge in [0.25, 0.3) is 0 Å². The standard InChI is InChI=1S/C5H11SSe/c1-3-4-5(7)6-2/h5H,3-4H2,1-2H3. The van der Waals surface area contributed by atoms with Gasteiger partial charge in [0.15, 0.2) is 0 Å². The molecule has 0 heterocycles. The van der Waals surface area contributed by atoms with Gasteiger partial charge in [0.1, 0.15) is 0 Å². The molecular formula is C5H11SSe. The van der Waals surface area contributed by atoms with Gasteiger partial charge in [0.05, 0.1) is 0 Å². The van der Waals surface area contributed by atoms with Crippen LogP contribution in [0.3, 0.4) is 0 Å². The summed E-state index contributed by atoms with van der Waals surface area (Å²) < 4.78 is 0.741. The van der Waals surface area contributed by atoms with E-state index in [2.05, 4.69) is 29.2 Å². The Kier molecular flexibility index (Phi) is 5.64. The van der Waals surface area contributed by atoms with Crippen LogP contribution < -0.4 is 0 Å². The first-order valence-electron chi connectivity index (χ1n) is 2.50. The molecule has 0 saturated heterocycles. The third kappa shape index (κ3) is 4.73. The molecule has 0 saturated carbocycles. The molecule has 7 heavy (non-hydrogen) atoms. The second-order valence-electron chi connectivity index (χ2n) is 1.45. The maximum atomic E-state index is 3.09. The molecule has 0 aromatic heterocycles. The molecule has 0 aromatic carbocycles. The van der Waals surface area contributed by atoms with E-state index in [-0.39, 0.29) is 0 Å². The van der Waals surface area contributed by atoms with Gasteiger partial charge in [-0.2, -0.15) is 0 Å². The van der Waals surface area contributed by atoms with Crippen LogP contribution in [0.4, 0.5) is 0 Å². The average Bonchev–Trinajstić information content (AvgIpc) is 1.68. The van der Waals surface area contributed by atoms with E-state index in [0.29, 0.717) is 0 Å². The van der Waals surface area contributed by atoms with Crippen molar-refractivity contribution in [2.24, 2.45) is 0 Å². The van der Waals surface area contributed by atoms with Gasteiger partial charge >= 0.3 is 57.9 Å². The fourth-order valence-electron chi connectivity index (χ4n) is 0.354. The van der Waals surface area contributed by atoms with E-state index in [1.54, 1.807) is 0 Å². The van der Waals surface area contributed by atoms with E-state index in [1.807, 2.05) is 11.8 Å². The van der Waals surface area contributed by atoms with Gasteiger partial charge in [0, 0.05) is 0 Å². The summed E-state index contributed by atoms with van der Waals surface area (Å²) in [5.74, 6) is 0. The van der Waals surface area contributed by atoms with Crippen molar-refractivity contribution < 1.29 is 0 Å². The molecule has 1 atom stereocenters. The normalized spacial score (nSPS) is 14.1. The predicted molar refractivity (Wildman–Crippen MR) is 38.0 cm³/mol. The van der Waals surface area contributed by atoms with E-state index in [9.17, 15) is 0 Å². The molecule has 1 unspecified atom stereocenters. The number of thioether (sulfide) groups is 1. The van der Waals surface area contributed by atoms with E-state index in [1.165, 1.54) is 12.8 Å². The van der Waals surface area contributed by atoms with Gasteiger partial charge in [0.2, 0.25) is 0 Å². The monoisotopic (exact) mass is 183 g/mol. The van der Waals surface area contributed by atoms with E-state index in [4.69, 9.17) is 0 Å². The van der Waals surface area contributed by atoms with Crippen LogP contribution in [0.15, 0.2) is 0 Å². The summed E-state index contributed by atoms with van der Waals surface area (Å²) >= 11 is 4.98. The quantitative estimate of drug-likeness (QED) is 0.598. The molecule has 2 heteroatoms. The van der Waals surface area contributed by atoms with Crippen LogP contribution in [0.25, 0.3) is 0 Å². The molecule has 0 N–H and O–H groups in total. The van der Waals surface area contributed by atoms with Crippen LogP contribution in [-0.4, -0.2) is 26.4 Å². The van der Waals surface area contributed by atoms with E-state index >= 15 is 0 Å². The molecule has 0 aliphatic rings. The maximum absolute atomic E-state index is 3.09. The fraction of sp³-hybridized carbons (Fsp3) is 1.00. The summed E-state index contributed by atoms with van der Waals surface area (Å²) in [5.41, 5.74) is 0. The topological polar surface area (TPSA) is 0 Å². The van der Waals surface area contributed by atoms with Crippen molar-refractivity contribution in [1.29, 1.82) is 0 Å². The first-order valence-corrected chi connectivity index (χ1v) is 4.77. The van der Waals surface area contributed by atoms with Crippen LogP contribution in [0.1, 0.15) is 19.8 Å². The summed E-state index contributed by atoms with van der Waals surface area (Å²) in [6, 6.07) is 0. The molecule has 43 valence electrons. The third-order valence-corrected chi connectivity index (χ3v) is 3.25. The SMILES string of the molecule is CCCC([Se])SC.